The van der Waals surface area contributed by atoms with Crippen molar-refractivity contribution in [2.45, 2.75) is 31.8 Å². The van der Waals surface area contributed by atoms with E-state index in [1.54, 1.807) is 0 Å². The normalized spacial score (nSPS) is 15.8. The Morgan fingerprint density at radius 2 is 1.83 bits per heavy atom. The van der Waals surface area contributed by atoms with Crippen molar-refractivity contribution in [1.29, 1.82) is 0 Å². The van der Waals surface area contributed by atoms with E-state index in [-0.39, 0.29) is 0 Å². The number of hydrogen-bond acceptors (Lipinski definition) is 5. The topological polar surface area (TPSA) is 75.4 Å². The summed E-state index contributed by atoms with van der Waals surface area (Å²) >= 11 is 0. The summed E-state index contributed by atoms with van der Waals surface area (Å²) in [6.07, 6.45) is 2.15. The molecule has 6 nitrogen and oxygen atoms in total. The predicted octanol–water partition coefficient (Wildman–Crippen LogP) is 3.34. The van der Waals surface area contributed by atoms with Gasteiger partial charge in [0.05, 0.1) is 6.54 Å². The smallest absolute Gasteiger partial charge is 0.201 e. The van der Waals surface area contributed by atoms with Crippen LogP contribution in [-0.4, -0.2) is 31.6 Å². The standard InChI is InChI=1S/C22H25N3O3S/c26-29(27)23-15-17-5-4-8-20(13-17)18-9-11-25(12-10-18)16-21-14-22(24-28-21)19-6-2-1-3-7-19/h1-8,13-14,18,29H,9-12,15-16H2,(H,23,26,27). The summed E-state index contributed by atoms with van der Waals surface area (Å²) in [7, 11) is -2.56. The van der Waals surface area contributed by atoms with E-state index in [9.17, 15) is 8.42 Å². The van der Waals surface area contributed by atoms with E-state index in [0.717, 1.165) is 55.1 Å². The van der Waals surface area contributed by atoms with Crippen molar-refractivity contribution in [2.75, 3.05) is 13.1 Å². The zero-order chi connectivity index (χ0) is 20.1. The number of rotatable bonds is 7. The molecule has 0 unspecified atom stereocenters. The van der Waals surface area contributed by atoms with Gasteiger partial charge in [0.2, 0.25) is 10.9 Å². The number of aromatic nitrogens is 1. The molecular weight excluding hydrogens is 386 g/mol. The van der Waals surface area contributed by atoms with Crippen molar-refractivity contribution in [3.63, 3.8) is 0 Å². The fraction of sp³-hybridized carbons (Fsp3) is 0.318. The Balaban J connectivity index is 1.32. The van der Waals surface area contributed by atoms with Gasteiger partial charge in [-0.25, -0.2) is 13.1 Å². The summed E-state index contributed by atoms with van der Waals surface area (Å²) in [5, 5.41) is 4.20. The zero-order valence-electron chi connectivity index (χ0n) is 16.2. The third-order valence-corrected chi connectivity index (χ3v) is 5.85. The molecule has 7 heteroatoms. The van der Waals surface area contributed by atoms with Crippen LogP contribution in [0, 0.1) is 0 Å². The van der Waals surface area contributed by atoms with E-state index in [4.69, 9.17) is 4.52 Å². The van der Waals surface area contributed by atoms with Gasteiger partial charge in [0.15, 0.2) is 5.76 Å². The Morgan fingerprint density at radius 1 is 1.03 bits per heavy atom. The zero-order valence-corrected chi connectivity index (χ0v) is 17.1. The monoisotopic (exact) mass is 411 g/mol. The number of benzene rings is 2. The van der Waals surface area contributed by atoms with E-state index < -0.39 is 10.9 Å². The maximum atomic E-state index is 10.7. The predicted molar refractivity (Wildman–Crippen MR) is 113 cm³/mol. The molecule has 1 saturated heterocycles. The summed E-state index contributed by atoms with van der Waals surface area (Å²) in [5.74, 6) is 1.39. The van der Waals surface area contributed by atoms with Crippen LogP contribution in [-0.2, 0) is 24.0 Å². The lowest BCUT2D eigenvalue weighted by molar-refractivity contribution is 0.184. The van der Waals surface area contributed by atoms with Gasteiger partial charge in [0, 0.05) is 18.2 Å². The molecule has 29 heavy (non-hydrogen) atoms. The fourth-order valence-electron chi connectivity index (χ4n) is 3.89. The lowest BCUT2D eigenvalue weighted by Crippen LogP contribution is -2.32. The van der Waals surface area contributed by atoms with Crippen LogP contribution >= 0.6 is 0 Å². The average Bonchev–Trinajstić information content (AvgIpc) is 3.22. The minimum atomic E-state index is -2.56. The molecule has 152 valence electrons. The van der Waals surface area contributed by atoms with Crippen molar-refractivity contribution < 1.29 is 12.9 Å². The van der Waals surface area contributed by atoms with Gasteiger partial charge in [-0.1, -0.05) is 59.8 Å². The van der Waals surface area contributed by atoms with Crippen LogP contribution in [0.5, 0.6) is 0 Å². The molecule has 0 amide bonds. The second-order valence-corrected chi connectivity index (χ2v) is 8.26. The molecule has 0 atom stereocenters. The first-order valence-corrected chi connectivity index (χ1v) is 11.1. The molecule has 4 rings (SSSR count). The molecule has 0 aliphatic carbocycles. The third-order valence-electron chi connectivity index (χ3n) is 5.43. The maximum Gasteiger partial charge on any atom is 0.201 e. The van der Waals surface area contributed by atoms with Crippen LogP contribution in [0.25, 0.3) is 11.3 Å². The molecule has 0 bridgehead atoms. The highest BCUT2D eigenvalue weighted by Crippen LogP contribution is 2.29. The first kappa shape index (κ1) is 19.8. The Kier molecular flexibility index (Phi) is 6.39. The molecule has 0 saturated carbocycles. The van der Waals surface area contributed by atoms with Gasteiger partial charge in [-0.2, -0.15) is 0 Å². The summed E-state index contributed by atoms with van der Waals surface area (Å²) in [5.41, 5.74) is 4.23. The van der Waals surface area contributed by atoms with Crippen LogP contribution in [0.1, 0.15) is 35.6 Å². The van der Waals surface area contributed by atoms with Gasteiger partial charge in [0.1, 0.15) is 5.69 Å². The van der Waals surface area contributed by atoms with Crippen LogP contribution in [0.2, 0.25) is 0 Å². The van der Waals surface area contributed by atoms with Gasteiger partial charge in [-0.15, -0.1) is 0 Å². The fourth-order valence-corrected chi connectivity index (χ4v) is 4.20. The summed E-state index contributed by atoms with van der Waals surface area (Å²) < 4.78 is 29.5. The quantitative estimate of drug-likeness (QED) is 0.583. The lowest BCUT2D eigenvalue weighted by Gasteiger charge is -2.31. The van der Waals surface area contributed by atoms with Crippen molar-refractivity contribution in [1.82, 2.24) is 14.8 Å². The average molecular weight is 412 g/mol. The van der Waals surface area contributed by atoms with Crippen molar-refractivity contribution in [3.05, 3.63) is 77.6 Å². The first-order valence-electron chi connectivity index (χ1n) is 9.87. The molecule has 3 aromatic rings. The largest absolute Gasteiger partial charge is 0.359 e. The summed E-state index contributed by atoms with van der Waals surface area (Å²) in [6.45, 7) is 3.12. The highest BCUT2D eigenvalue weighted by molar-refractivity contribution is 7.70. The number of likely N-dealkylation sites (tertiary alicyclic amines) is 1. The van der Waals surface area contributed by atoms with Gasteiger partial charge in [-0.05, 0) is 43.0 Å². The Morgan fingerprint density at radius 3 is 2.59 bits per heavy atom. The highest BCUT2D eigenvalue weighted by atomic mass is 32.2. The summed E-state index contributed by atoms with van der Waals surface area (Å²) in [4.78, 5) is 2.40. The molecule has 1 fully saturated rings. The number of nitrogens with zero attached hydrogens (tertiary/aromatic N) is 2. The van der Waals surface area contributed by atoms with E-state index in [2.05, 4.69) is 26.9 Å². The number of thiol groups is 1. The van der Waals surface area contributed by atoms with E-state index in [1.807, 2.05) is 48.5 Å². The van der Waals surface area contributed by atoms with Crippen molar-refractivity contribution in [2.24, 2.45) is 0 Å². The Labute approximate surface area is 172 Å². The lowest BCUT2D eigenvalue weighted by atomic mass is 9.88. The van der Waals surface area contributed by atoms with E-state index >= 15 is 0 Å². The second-order valence-electron chi connectivity index (χ2n) is 7.43. The Hall–Kier alpha value is -2.48. The maximum absolute atomic E-state index is 10.7. The van der Waals surface area contributed by atoms with Gasteiger partial charge >= 0.3 is 0 Å². The van der Waals surface area contributed by atoms with Crippen LogP contribution in [0.15, 0.2) is 65.2 Å². The van der Waals surface area contributed by atoms with Crippen molar-refractivity contribution in [3.8, 4) is 11.3 Å². The SMILES string of the molecule is O=[SH](=O)NCc1cccc(C2CCN(Cc3cc(-c4ccccc4)no3)CC2)c1. The second kappa shape index (κ2) is 9.35. The van der Waals surface area contributed by atoms with Crippen LogP contribution in [0.4, 0.5) is 0 Å². The van der Waals surface area contributed by atoms with Crippen molar-refractivity contribution >= 4 is 10.9 Å². The molecule has 2 heterocycles. The molecule has 2 aromatic carbocycles. The van der Waals surface area contributed by atoms with Gasteiger partial charge in [-0.3, -0.25) is 4.90 Å². The Bertz CT molecular complexity index is 1000. The third kappa shape index (κ3) is 5.32. The number of hydrogen-bond donors (Lipinski definition) is 2. The van der Waals surface area contributed by atoms with Gasteiger partial charge < -0.3 is 4.52 Å². The minimum Gasteiger partial charge on any atom is -0.359 e. The minimum absolute atomic E-state index is 0.348. The van der Waals surface area contributed by atoms with E-state index in [0.29, 0.717) is 12.5 Å². The molecule has 1 N–H and O–H groups in total. The molecule has 0 spiro atoms. The summed E-state index contributed by atoms with van der Waals surface area (Å²) in [6, 6.07) is 20.3. The van der Waals surface area contributed by atoms with Crippen LogP contribution in [0.3, 0.4) is 0 Å². The number of piperidine rings is 1. The highest BCUT2D eigenvalue weighted by Gasteiger charge is 2.22. The van der Waals surface area contributed by atoms with Gasteiger partial charge in [0.25, 0.3) is 0 Å². The molecule has 1 aliphatic rings. The molecular formula is C22H25N3O3S. The number of nitrogens with one attached hydrogen (secondary N) is 1. The van der Waals surface area contributed by atoms with E-state index in [1.165, 1.54) is 5.56 Å². The first-order chi connectivity index (χ1) is 14.2. The molecule has 0 radical (unpaired) electrons. The molecule has 1 aromatic heterocycles. The van der Waals surface area contributed by atoms with Crippen LogP contribution < -0.4 is 4.72 Å². The molecule has 1 aliphatic heterocycles.